The highest BCUT2D eigenvalue weighted by molar-refractivity contribution is 7.13. The monoisotopic (exact) mass is 409 g/mol. The van der Waals surface area contributed by atoms with E-state index in [0.717, 1.165) is 36.0 Å². The lowest BCUT2D eigenvalue weighted by atomic mass is 9.52. The minimum absolute atomic E-state index is 0.208. The molecule has 2 atom stereocenters. The fraction of sp³-hybridized carbons (Fsp3) is 0.476. The molecule has 4 N–H and O–H groups in total. The van der Waals surface area contributed by atoms with Crippen molar-refractivity contribution in [1.29, 1.82) is 0 Å². The predicted octanol–water partition coefficient (Wildman–Crippen LogP) is 3.62. The van der Waals surface area contributed by atoms with Crippen LogP contribution >= 0.6 is 11.3 Å². The molecular formula is C21H23N5O2S. The normalized spacial score (nSPS) is 32.6. The van der Waals surface area contributed by atoms with Gasteiger partial charge < -0.3 is 15.4 Å². The number of carbonyl (C=O) groups is 1. The van der Waals surface area contributed by atoms with Gasteiger partial charge in [-0.2, -0.15) is 0 Å². The van der Waals surface area contributed by atoms with Crippen molar-refractivity contribution in [2.24, 2.45) is 17.8 Å². The van der Waals surface area contributed by atoms with Crippen LogP contribution in [0.2, 0.25) is 0 Å². The highest BCUT2D eigenvalue weighted by atomic mass is 32.1. The van der Waals surface area contributed by atoms with E-state index in [-0.39, 0.29) is 11.9 Å². The van der Waals surface area contributed by atoms with Crippen LogP contribution < -0.4 is 10.6 Å². The van der Waals surface area contributed by atoms with E-state index < -0.39 is 5.60 Å². The largest absolute Gasteiger partial charge is 0.390 e. The molecule has 0 aromatic carbocycles. The van der Waals surface area contributed by atoms with E-state index >= 15 is 0 Å². The van der Waals surface area contributed by atoms with Crippen LogP contribution in [0.25, 0.3) is 11.0 Å². The lowest BCUT2D eigenvalue weighted by molar-refractivity contribution is -0.129. The lowest BCUT2D eigenvalue weighted by Gasteiger charge is -2.58. The second-order valence-corrected chi connectivity index (χ2v) is 9.84. The molecule has 4 saturated carbocycles. The molecule has 0 aliphatic heterocycles. The van der Waals surface area contributed by atoms with Crippen molar-refractivity contribution in [2.45, 2.75) is 43.7 Å². The van der Waals surface area contributed by atoms with Crippen LogP contribution in [0.3, 0.4) is 0 Å². The summed E-state index contributed by atoms with van der Waals surface area (Å²) in [6.07, 6.45) is 10.2. The molecule has 29 heavy (non-hydrogen) atoms. The van der Waals surface area contributed by atoms with Gasteiger partial charge in [-0.1, -0.05) is 0 Å². The Hall–Kier alpha value is -2.45. The SMILES string of the molecule is O=C(Nc1nccs1)c1cnc2[nH]ccc2c1N[C@H]1C2CC3CC1C[C@@](O)(C3)C2. The molecule has 150 valence electrons. The zero-order valence-electron chi connectivity index (χ0n) is 15.9. The Morgan fingerprint density at radius 1 is 1.24 bits per heavy atom. The Labute approximate surface area is 172 Å². The second-order valence-electron chi connectivity index (χ2n) is 8.94. The number of thiazole rings is 1. The lowest BCUT2D eigenvalue weighted by Crippen LogP contribution is -2.59. The molecule has 4 fully saturated rings. The van der Waals surface area contributed by atoms with Gasteiger partial charge in [0, 0.05) is 35.4 Å². The summed E-state index contributed by atoms with van der Waals surface area (Å²) in [5, 5.41) is 20.9. The minimum Gasteiger partial charge on any atom is -0.390 e. The molecule has 2 unspecified atom stereocenters. The Bertz CT molecular complexity index is 1060. The summed E-state index contributed by atoms with van der Waals surface area (Å²) in [6.45, 7) is 0. The van der Waals surface area contributed by atoms with Gasteiger partial charge in [-0.25, -0.2) is 9.97 Å². The van der Waals surface area contributed by atoms with Crippen molar-refractivity contribution >= 4 is 39.1 Å². The summed E-state index contributed by atoms with van der Waals surface area (Å²) in [5.41, 5.74) is 1.65. The van der Waals surface area contributed by atoms with E-state index in [2.05, 4.69) is 25.6 Å². The third kappa shape index (κ3) is 2.85. The molecule has 4 aliphatic rings. The molecular weight excluding hydrogens is 386 g/mol. The number of amides is 1. The average Bonchev–Trinajstić information content (AvgIpc) is 3.34. The molecule has 7 rings (SSSR count). The molecule has 0 saturated heterocycles. The fourth-order valence-corrected chi connectivity index (χ4v) is 6.69. The van der Waals surface area contributed by atoms with Crippen LogP contribution in [-0.2, 0) is 0 Å². The highest BCUT2D eigenvalue weighted by Gasteiger charge is 2.54. The van der Waals surface area contributed by atoms with Crippen molar-refractivity contribution in [3.8, 4) is 0 Å². The number of carbonyl (C=O) groups excluding carboxylic acids is 1. The molecule has 7 nitrogen and oxygen atoms in total. The first-order valence-corrected chi connectivity index (χ1v) is 11.1. The molecule has 4 aliphatic carbocycles. The smallest absolute Gasteiger partial charge is 0.261 e. The molecule has 3 aromatic rings. The Morgan fingerprint density at radius 2 is 2.07 bits per heavy atom. The van der Waals surface area contributed by atoms with Crippen LogP contribution in [0.4, 0.5) is 10.8 Å². The first-order chi connectivity index (χ1) is 14.1. The zero-order chi connectivity index (χ0) is 19.6. The minimum atomic E-state index is -0.471. The predicted molar refractivity (Wildman–Crippen MR) is 112 cm³/mol. The molecule has 3 aromatic heterocycles. The summed E-state index contributed by atoms with van der Waals surface area (Å²) in [4.78, 5) is 24.8. The Balaban J connectivity index is 1.36. The maximum Gasteiger partial charge on any atom is 0.261 e. The summed E-state index contributed by atoms with van der Waals surface area (Å²) < 4.78 is 0. The van der Waals surface area contributed by atoms with Gasteiger partial charge in [0.1, 0.15) is 5.65 Å². The molecule has 8 heteroatoms. The number of fused-ring (bicyclic) bond motifs is 1. The molecule has 0 radical (unpaired) electrons. The number of hydrogen-bond donors (Lipinski definition) is 4. The van der Waals surface area contributed by atoms with E-state index in [4.69, 9.17) is 0 Å². The van der Waals surface area contributed by atoms with E-state index in [1.54, 1.807) is 12.4 Å². The van der Waals surface area contributed by atoms with Gasteiger partial charge in [0.25, 0.3) is 5.91 Å². The van der Waals surface area contributed by atoms with Gasteiger partial charge in [-0.15, -0.1) is 11.3 Å². The summed E-state index contributed by atoms with van der Waals surface area (Å²) >= 11 is 1.39. The number of aromatic nitrogens is 3. The summed E-state index contributed by atoms with van der Waals surface area (Å²) in [5.74, 6) is 1.33. The second kappa shape index (κ2) is 6.27. The first-order valence-electron chi connectivity index (χ1n) is 10.2. The standard InChI is InChI=1S/C21H23N5O2S/c27-19(26-20-23-3-4-29-20)15-10-24-18-14(1-2-22-18)17(15)25-16-12-5-11-6-13(16)9-21(28,7-11)8-12/h1-4,10-13,16,28H,5-9H2,(H2,22,24,25)(H,23,26,27)/t11?,12?,13?,16-,21+. The molecule has 3 heterocycles. The van der Waals surface area contributed by atoms with Gasteiger partial charge in [0.05, 0.1) is 16.9 Å². The number of nitrogens with one attached hydrogen (secondary N) is 3. The highest BCUT2D eigenvalue weighted by Crippen LogP contribution is 2.56. The van der Waals surface area contributed by atoms with E-state index in [1.807, 2.05) is 17.6 Å². The maximum atomic E-state index is 13.0. The van der Waals surface area contributed by atoms with E-state index in [0.29, 0.717) is 28.4 Å². The van der Waals surface area contributed by atoms with Gasteiger partial charge in [-0.3, -0.25) is 10.1 Å². The van der Waals surface area contributed by atoms with Crippen LogP contribution in [-0.4, -0.2) is 37.6 Å². The zero-order valence-corrected chi connectivity index (χ0v) is 16.7. The van der Waals surface area contributed by atoms with Crippen molar-refractivity contribution < 1.29 is 9.90 Å². The Morgan fingerprint density at radius 3 is 2.79 bits per heavy atom. The number of H-pyrrole nitrogens is 1. The third-order valence-corrected chi connectivity index (χ3v) is 7.72. The summed E-state index contributed by atoms with van der Waals surface area (Å²) in [6, 6.07) is 2.24. The first kappa shape index (κ1) is 17.4. The number of hydrogen-bond acceptors (Lipinski definition) is 6. The van der Waals surface area contributed by atoms with Crippen LogP contribution in [0.5, 0.6) is 0 Å². The van der Waals surface area contributed by atoms with Crippen LogP contribution in [0, 0.1) is 17.8 Å². The van der Waals surface area contributed by atoms with Gasteiger partial charge in [0.15, 0.2) is 5.13 Å². The summed E-state index contributed by atoms with van der Waals surface area (Å²) in [7, 11) is 0. The average molecular weight is 410 g/mol. The molecule has 4 bridgehead atoms. The topological polar surface area (TPSA) is 103 Å². The fourth-order valence-electron chi connectivity index (χ4n) is 6.17. The van der Waals surface area contributed by atoms with Gasteiger partial charge in [0.2, 0.25) is 0 Å². The maximum absolute atomic E-state index is 13.0. The van der Waals surface area contributed by atoms with E-state index in [9.17, 15) is 9.90 Å². The molecule has 0 spiro atoms. The Kier molecular flexibility index (Phi) is 3.77. The van der Waals surface area contributed by atoms with Crippen molar-refractivity contribution in [2.75, 3.05) is 10.6 Å². The van der Waals surface area contributed by atoms with E-state index in [1.165, 1.54) is 24.2 Å². The van der Waals surface area contributed by atoms with Crippen molar-refractivity contribution in [1.82, 2.24) is 15.0 Å². The van der Waals surface area contributed by atoms with Crippen molar-refractivity contribution in [3.05, 3.63) is 35.6 Å². The molecule has 1 amide bonds. The van der Waals surface area contributed by atoms with Gasteiger partial charge >= 0.3 is 0 Å². The number of aromatic amines is 1. The number of nitrogens with zero attached hydrogens (tertiary/aromatic N) is 2. The van der Waals surface area contributed by atoms with Crippen molar-refractivity contribution in [3.63, 3.8) is 0 Å². The van der Waals surface area contributed by atoms with Gasteiger partial charge in [-0.05, 0) is 55.9 Å². The quantitative estimate of drug-likeness (QED) is 0.527. The number of anilines is 2. The van der Waals surface area contributed by atoms with Crippen LogP contribution in [0.15, 0.2) is 30.0 Å². The number of aliphatic hydroxyl groups is 1. The van der Waals surface area contributed by atoms with Crippen LogP contribution in [0.1, 0.15) is 42.5 Å². The number of rotatable bonds is 4. The third-order valence-electron chi connectivity index (χ3n) is 7.04. The number of pyridine rings is 1.